The van der Waals surface area contributed by atoms with Crippen LogP contribution in [0.15, 0.2) is 36.4 Å². The summed E-state index contributed by atoms with van der Waals surface area (Å²) < 4.78 is 123. The van der Waals surface area contributed by atoms with Gasteiger partial charge in [0, 0.05) is 7.05 Å². The number of carbonyl (C=O) groups is 1. The molecule has 1 amide bonds. The number of halogens is 7. The third-order valence-corrected chi connectivity index (χ3v) is 8.06. The average Bonchev–Trinajstić information content (AvgIpc) is 3.15. The Morgan fingerprint density at radius 2 is 1.49 bits per heavy atom. The van der Waals surface area contributed by atoms with E-state index in [1.54, 1.807) is 6.92 Å². The molecule has 0 saturated carbocycles. The topological polar surface area (TPSA) is 89.7 Å². The smallest absolute Gasteiger partial charge is 0.396 e. The molecule has 6 nitrogen and oxygen atoms in total. The summed E-state index contributed by atoms with van der Waals surface area (Å²) in [6.07, 6.45) is -9.44. The molecule has 2 aromatic carbocycles. The van der Waals surface area contributed by atoms with Gasteiger partial charge in [0.05, 0.1) is 43.9 Å². The summed E-state index contributed by atoms with van der Waals surface area (Å²) in [7, 11) is -2.69. The zero-order valence-corrected chi connectivity index (χ0v) is 23.9. The molecule has 0 saturated heterocycles. The molecule has 0 spiro atoms. The number of anilines is 2. The second-order valence-electron chi connectivity index (χ2n) is 9.83. The number of alkyl halides is 6. The molecule has 15 heteroatoms. The highest BCUT2D eigenvalue weighted by atomic mass is 32.2. The maximum atomic E-state index is 13.8. The van der Waals surface area contributed by atoms with Gasteiger partial charge in [0.2, 0.25) is 5.91 Å². The highest BCUT2D eigenvalue weighted by Crippen LogP contribution is 2.48. The lowest BCUT2D eigenvalue weighted by molar-refractivity contribution is -0.143. The van der Waals surface area contributed by atoms with Crippen LogP contribution in [0.5, 0.6) is 0 Å². The first-order valence-corrected chi connectivity index (χ1v) is 14.3. The number of nitrogens with zero attached hydrogens (tertiary/aromatic N) is 1. The number of likely N-dealkylation sites (N-methyl/N-ethyl adjacent to an activating group) is 1. The SMILES string of the molecule is Cc1cc(F)ccc1-c1sc(COS(C)(=O)=O)c(N)c1N(C)C(=O)C(C)(C)c1cc(C(F)(F)F)cc(C(F)(F)F)c1. The van der Waals surface area contributed by atoms with Crippen molar-refractivity contribution in [1.29, 1.82) is 0 Å². The minimum absolute atomic E-state index is 0.00194. The Hall–Kier alpha value is -3.17. The van der Waals surface area contributed by atoms with Gasteiger partial charge in [-0.3, -0.25) is 8.98 Å². The van der Waals surface area contributed by atoms with E-state index in [1.807, 2.05) is 0 Å². The van der Waals surface area contributed by atoms with Crippen molar-refractivity contribution < 1.29 is 48.1 Å². The summed E-state index contributed by atoms with van der Waals surface area (Å²) in [5.74, 6) is -1.49. The van der Waals surface area contributed by atoms with Crippen LogP contribution in [0.25, 0.3) is 10.4 Å². The number of aryl methyl sites for hydroxylation is 1. The predicted molar refractivity (Wildman–Crippen MR) is 141 cm³/mol. The van der Waals surface area contributed by atoms with Gasteiger partial charge in [0.25, 0.3) is 10.1 Å². The first-order chi connectivity index (χ1) is 18.5. The fourth-order valence-corrected chi connectivity index (χ4v) is 5.77. The summed E-state index contributed by atoms with van der Waals surface area (Å²) in [4.78, 5) is 15.2. The van der Waals surface area contributed by atoms with Gasteiger partial charge in [-0.2, -0.15) is 34.8 Å². The molecule has 0 aliphatic carbocycles. The second kappa shape index (κ2) is 10.9. The molecular formula is C26H25F7N2O4S2. The standard InChI is InChI=1S/C26H25F7N2O4S2/c1-13-8-17(27)6-7-18(13)22-21(20(34)19(40-22)12-39-41(5,37)38)35(4)23(36)24(2,3)14-9-15(25(28,29)30)11-16(10-14)26(31,32)33/h6-11H,12,34H2,1-5H3. The number of hydrogen-bond donors (Lipinski definition) is 1. The summed E-state index contributed by atoms with van der Waals surface area (Å²) in [6.45, 7) is 3.38. The predicted octanol–water partition coefficient (Wildman–Crippen LogP) is 6.90. The highest BCUT2D eigenvalue weighted by molar-refractivity contribution is 7.85. The van der Waals surface area contributed by atoms with Crippen molar-refractivity contribution >= 4 is 38.7 Å². The average molecular weight is 627 g/mol. The van der Waals surface area contributed by atoms with Crippen LogP contribution in [-0.4, -0.2) is 27.6 Å². The van der Waals surface area contributed by atoms with Crippen molar-refractivity contribution in [2.45, 2.75) is 45.1 Å². The summed E-state index contributed by atoms with van der Waals surface area (Å²) in [6, 6.07) is 4.67. The Balaban J connectivity index is 2.20. The van der Waals surface area contributed by atoms with Crippen molar-refractivity contribution in [1.82, 2.24) is 0 Å². The van der Waals surface area contributed by atoms with E-state index in [2.05, 4.69) is 0 Å². The molecule has 0 bridgehead atoms. The van der Waals surface area contributed by atoms with Crippen molar-refractivity contribution in [3.05, 3.63) is 69.3 Å². The summed E-state index contributed by atoms with van der Waals surface area (Å²) in [5, 5.41) is 0. The van der Waals surface area contributed by atoms with Gasteiger partial charge in [-0.25, -0.2) is 4.39 Å². The van der Waals surface area contributed by atoms with Gasteiger partial charge in [-0.1, -0.05) is 6.07 Å². The van der Waals surface area contributed by atoms with Crippen molar-refractivity contribution in [2.75, 3.05) is 23.9 Å². The van der Waals surface area contributed by atoms with Crippen LogP contribution < -0.4 is 10.6 Å². The van der Waals surface area contributed by atoms with Crippen LogP contribution in [0.1, 0.15) is 41.0 Å². The van der Waals surface area contributed by atoms with Gasteiger partial charge < -0.3 is 10.6 Å². The van der Waals surface area contributed by atoms with Crippen LogP contribution in [0.4, 0.5) is 42.1 Å². The second-order valence-corrected chi connectivity index (χ2v) is 12.6. The maximum absolute atomic E-state index is 13.8. The van der Waals surface area contributed by atoms with Crippen LogP contribution in [-0.2, 0) is 43.5 Å². The van der Waals surface area contributed by atoms with Gasteiger partial charge in [0.15, 0.2) is 0 Å². The van der Waals surface area contributed by atoms with Crippen LogP contribution >= 0.6 is 11.3 Å². The van der Waals surface area contributed by atoms with E-state index in [0.717, 1.165) is 28.6 Å². The monoisotopic (exact) mass is 626 g/mol. The third kappa shape index (κ3) is 7.01. The molecule has 0 radical (unpaired) electrons. The largest absolute Gasteiger partial charge is 0.416 e. The Kier molecular flexibility index (Phi) is 8.61. The van der Waals surface area contributed by atoms with Crippen LogP contribution in [0.3, 0.4) is 0 Å². The lowest BCUT2D eigenvalue weighted by Crippen LogP contribution is -2.42. The quantitative estimate of drug-likeness (QED) is 0.228. The van der Waals surface area contributed by atoms with E-state index >= 15 is 0 Å². The fraction of sp³-hybridized carbons (Fsp3) is 0.346. The number of hydrogen-bond acceptors (Lipinski definition) is 6. The number of nitrogens with two attached hydrogens (primary N) is 1. The molecule has 2 N–H and O–H groups in total. The third-order valence-electron chi connectivity index (χ3n) is 6.32. The van der Waals surface area contributed by atoms with Crippen molar-refractivity contribution in [3.63, 3.8) is 0 Å². The fourth-order valence-electron chi connectivity index (χ4n) is 4.11. The molecule has 3 rings (SSSR count). The van der Waals surface area contributed by atoms with Crippen LogP contribution in [0.2, 0.25) is 0 Å². The molecule has 0 atom stereocenters. The molecular weight excluding hydrogens is 601 g/mol. The molecule has 0 aliphatic heterocycles. The van der Waals surface area contributed by atoms with E-state index in [1.165, 1.54) is 33.0 Å². The molecule has 0 fully saturated rings. The number of thiophene rings is 1. The number of carbonyl (C=O) groups excluding carboxylic acids is 1. The minimum Gasteiger partial charge on any atom is -0.396 e. The van der Waals surface area contributed by atoms with Crippen molar-refractivity contribution in [2.24, 2.45) is 0 Å². The van der Waals surface area contributed by atoms with E-state index in [4.69, 9.17) is 9.92 Å². The zero-order chi connectivity index (χ0) is 31.3. The zero-order valence-electron chi connectivity index (χ0n) is 22.3. The lowest BCUT2D eigenvalue weighted by Gasteiger charge is -2.31. The maximum Gasteiger partial charge on any atom is 0.416 e. The van der Waals surface area contributed by atoms with E-state index < -0.39 is 62.9 Å². The van der Waals surface area contributed by atoms with Gasteiger partial charge >= 0.3 is 12.4 Å². The molecule has 41 heavy (non-hydrogen) atoms. The number of benzene rings is 2. The van der Waals surface area contributed by atoms with E-state index in [0.29, 0.717) is 23.3 Å². The number of amides is 1. The molecule has 0 aliphatic rings. The first kappa shape index (κ1) is 32.3. The number of rotatable bonds is 7. The van der Waals surface area contributed by atoms with Crippen molar-refractivity contribution in [3.8, 4) is 10.4 Å². The summed E-state index contributed by atoms with van der Waals surface area (Å²) in [5.41, 5.74) is 1.36. The highest BCUT2D eigenvalue weighted by Gasteiger charge is 2.42. The van der Waals surface area contributed by atoms with Gasteiger partial charge in [-0.15, -0.1) is 11.3 Å². The lowest BCUT2D eigenvalue weighted by atomic mass is 9.81. The van der Waals surface area contributed by atoms with E-state index in [-0.39, 0.29) is 27.2 Å². The molecule has 1 aromatic heterocycles. The first-order valence-electron chi connectivity index (χ1n) is 11.6. The molecule has 0 unspecified atom stereocenters. The molecule has 224 valence electrons. The Morgan fingerprint density at radius 1 is 0.976 bits per heavy atom. The number of nitrogen functional groups attached to an aromatic ring is 1. The van der Waals surface area contributed by atoms with Gasteiger partial charge in [-0.05, 0) is 67.8 Å². The van der Waals surface area contributed by atoms with E-state index in [9.17, 15) is 43.9 Å². The Bertz CT molecular complexity index is 1560. The minimum atomic E-state index is -5.12. The Morgan fingerprint density at radius 3 is 1.95 bits per heavy atom. The Labute approximate surface area is 235 Å². The molecule has 3 aromatic rings. The van der Waals surface area contributed by atoms with Crippen LogP contribution in [0, 0.1) is 12.7 Å². The van der Waals surface area contributed by atoms with Gasteiger partial charge in [0.1, 0.15) is 12.4 Å². The summed E-state index contributed by atoms with van der Waals surface area (Å²) >= 11 is 0.935. The molecule has 1 heterocycles. The normalized spacial score (nSPS) is 13.0.